The van der Waals surface area contributed by atoms with Gasteiger partial charge in [0.15, 0.2) is 0 Å². The van der Waals surface area contributed by atoms with E-state index in [1.807, 2.05) is 20.8 Å². The summed E-state index contributed by atoms with van der Waals surface area (Å²) in [5, 5.41) is 0. The molecule has 0 saturated heterocycles. The molecule has 1 rings (SSSR count). The lowest BCUT2D eigenvalue weighted by Gasteiger charge is -2.28. The Morgan fingerprint density at radius 2 is 1.88 bits per heavy atom. The van der Waals surface area contributed by atoms with Gasteiger partial charge in [-0.05, 0) is 31.0 Å². The van der Waals surface area contributed by atoms with E-state index in [0.717, 1.165) is 0 Å². The number of nitrogens with two attached hydrogens (primary N) is 1. The molecule has 1 atom stereocenters. The summed E-state index contributed by atoms with van der Waals surface area (Å²) in [7, 11) is 1.72. The van der Waals surface area contributed by atoms with Crippen LogP contribution in [0.1, 0.15) is 31.1 Å². The zero-order chi connectivity index (χ0) is 13.2. The third kappa shape index (κ3) is 3.19. The van der Waals surface area contributed by atoms with Gasteiger partial charge in [-0.3, -0.25) is 4.79 Å². The van der Waals surface area contributed by atoms with Gasteiger partial charge in [0.25, 0.3) is 5.91 Å². The Morgan fingerprint density at radius 3 is 2.35 bits per heavy atom. The molecule has 4 heteroatoms. The van der Waals surface area contributed by atoms with Gasteiger partial charge < -0.3 is 10.6 Å². The Kier molecular flexibility index (Phi) is 4.10. The molecule has 1 aromatic carbocycles. The highest BCUT2D eigenvalue weighted by Crippen LogP contribution is 2.16. The van der Waals surface area contributed by atoms with Crippen LogP contribution in [0.4, 0.5) is 10.1 Å². The van der Waals surface area contributed by atoms with Crippen LogP contribution in [-0.2, 0) is 0 Å². The van der Waals surface area contributed by atoms with E-state index in [9.17, 15) is 9.18 Å². The van der Waals surface area contributed by atoms with Crippen molar-refractivity contribution < 1.29 is 9.18 Å². The highest BCUT2D eigenvalue weighted by Gasteiger charge is 2.20. The maximum atomic E-state index is 13.2. The van der Waals surface area contributed by atoms with Crippen LogP contribution < -0.4 is 5.73 Å². The summed E-state index contributed by atoms with van der Waals surface area (Å²) < 4.78 is 13.2. The van der Waals surface area contributed by atoms with Gasteiger partial charge >= 0.3 is 0 Å². The Bertz CT molecular complexity index is 398. The monoisotopic (exact) mass is 238 g/mol. The third-order valence-corrected chi connectivity index (χ3v) is 3.06. The summed E-state index contributed by atoms with van der Waals surface area (Å²) in [6.45, 7) is 6.04. The van der Waals surface area contributed by atoms with Gasteiger partial charge in [0.2, 0.25) is 0 Å². The van der Waals surface area contributed by atoms with E-state index in [-0.39, 0.29) is 23.2 Å². The topological polar surface area (TPSA) is 46.3 Å². The van der Waals surface area contributed by atoms with Crippen molar-refractivity contribution in [3.05, 3.63) is 29.6 Å². The van der Waals surface area contributed by atoms with Gasteiger partial charge in [-0.1, -0.05) is 13.8 Å². The highest BCUT2D eigenvalue weighted by molar-refractivity contribution is 5.95. The van der Waals surface area contributed by atoms with Crippen LogP contribution in [-0.4, -0.2) is 23.9 Å². The number of halogens is 1. The van der Waals surface area contributed by atoms with E-state index in [1.54, 1.807) is 11.9 Å². The second-order valence-corrected chi connectivity index (χ2v) is 4.67. The minimum atomic E-state index is -0.487. The maximum absolute atomic E-state index is 13.2. The molecular formula is C13H19FN2O. The molecule has 0 fully saturated rings. The van der Waals surface area contributed by atoms with E-state index >= 15 is 0 Å². The van der Waals surface area contributed by atoms with Crippen molar-refractivity contribution >= 4 is 11.6 Å². The average Bonchev–Trinajstić information content (AvgIpc) is 2.24. The zero-order valence-electron chi connectivity index (χ0n) is 10.7. The summed E-state index contributed by atoms with van der Waals surface area (Å²) in [5.41, 5.74) is 6.07. The predicted octanol–water partition coefficient (Wildman–Crippen LogP) is 2.52. The van der Waals surface area contributed by atoms with Gasteiger partial charge in [-0.15, -0.1) is 0 Å². The van der Waals surface area contributed by atoms with Crippen LogP contribution in [0, 0.1) is 11.7 Å². The predicted molar refractivity (Wildman–Crippen MR) is 67.2 cm³/mol. The average molecular weight is 238 g/mol. The fourth-order valence-electron chi connectivity index (χ4n) is 1.57. The summed E-state index contributed by atoms with van der Waals surface area (Å²) in [6.07, 6.45) is 0. The lowest BCUT2D eigenvalue weighted by Crippen LogP contribution is -2.38. The molecule has 1 unspecified atom stereocenters. The fraction of sp³-hybridized carbons (Fsp3) is 0.462. The molecule has 0 radical (unpaired) electrons. The number of anilines is 1. The first-order valence-corrected chi connectivity index (χ1v) is 5.66. The molecule has 3 nitrogen and oxygen atoms in total. The minimum absolute atomic E-state index is 0.0898. The number of hydrogen-bond donors (Lipinski definition) is 1. The van der Waals surface area contributed by atoms with Crippen LogP contribution in [0.25, 0.3) is 0 Å². The van der Waals surface area contributed by atoms with Gasteiger partial charge in [0.1, 0.15) is 5.82 Å². The van der Waals surface area contributed by atoms with Crippen molar-refractivity contribution in [3.63, 3.8) is 0 Å². The van der Waals surface area contributed by atoms with Crippen molar-refractivity contribution in [2.75, 3.05) is 12.8 Å². The number of rotatable bonds is 3. The number of hydrogen-bond acceptors (Lipinski definition) is 2. The molecule has 0 spiro atoms. The Labute approximate surface area is 101 Å². The minimum Gasteiger partial charge on any atom is -0.399 e. The standard InChI is InChI=1S/C13H19FN2O/c1-8(2)9(3)16(4)13(17)10-5-11(14)7-12(15)6-10/h5-9H,15H2,1-4H3. The van der Waals surface area contributed by atoms with Crippen molar-refractivity contribution in [2.45, 2.75) is 26.8 Å². The molecule has 0 aliphatic carbocycles. The van der Waals surface area contributed by atoms with Crippen LogP contribution in [0.5, 0.6) is 0 Å². The number of carbonyl (C=O) groups is 1. The molecule has 17 heavy (non-hydrogen) atoms. The number of nitrogen functional groups attached to an aromatic ring is 1. The van der Waals surface area contributed by atoms with Crippen LogP contribution >= 0.6 is 0 Å². The van der Waals surface area contributed by atoms with Gasteiger partial charge in [0.05, 0.1) is 0 Å². The second kappa shape index (κ2) is 5.17. The summed E-state index contributed by atoms with van der Waals surface area (Å²) in [5.74, 6) is -0.355. The van der Waals surface area contributed by atoms with Crippen molar-refractivity contribution in [2.24, 2.45) is 5.92 Å². The van der Waals surface area contributed by atoms with Crippen molar-refractivity contribution in [3.8, 4) is 0 Å². The van der Waals surface area contributed by atoms with E-state index in [2.05, 4.69) is 0 Å². The molecule has 94 valence electrons. The molecule has 2 N–H and O–H groups in total. The third-order valence-electron chi connectivity index (χ3n) is 3.06. The second-order valence-electron chi connectivity index (χ2n) is 4.67. The van der Waals surface area contributed by atoms with Crippen LogP contribution in [0.2, 0.25) is 0 Å². The molecule has 1 aromatic rings. The molecule has 1 amide bonds. The molecule has 0 heterocycles. The normalized spacial score (nSPS) is 12.6. The van der Waals surface area contributed by atoms with Gasteiger partial charge in [-0.2, -0.15) is 0 Å². The lowest BCUT2D eigenvalue weighted by molar-refractivity contribution is 0.0706. The van der Waals surface area contributed by atoms with Crippen molar-refractivity contribution in [1.82, 2.24) is 4.90 Å². The maximum Gasteiger partial charge on any atom is 0.254 e. The van der Waals surface area contributed by atoms with Gasteiger partial charge in [0, 0.05) is 24.3 Å². The van der Waals surface area contributed by atoms with E-state index < -0.39 is 5.82 Å². The SMILES string of the molecule is CC(C)C(C)N(C)C(=O)c1cc(N)cc(F)c1. The van der Waals surface area contributed by atoms with E-state index in [1.165, 1.54) is 18.2 Å². The molecule has 0 bridgehead atoms. The number of nitrogens with zero attached hydrogens (tertiary/aromatic N) is 1. The summed E-state index contributed by atoms with van der Waals surface area (Å²) in [4.78, 5) is 13.7. The number of amides is 1. The summed E-state index contributed by atoms with van der Waals surface area (Å²) >= 11 is 0. The Morgan fingerprint density at radius 1 is 1.29 bits per heavy atom. The van der Waals surface area contributed by atoms with E-state index in [0.29, 0.717) is 5.92 Å². The number of carbonyl (C=O) groups excluding carboxylic acids is 1. The zero-order valence-corrected chi connectivity index (χ0v) is 10.7. The molecule has 0 saturated carbocycles. The van der Waals surface area contributed by atoms with Crippen LogP contribution in [0.15, 0.2) is 18.2 Å². The quantitative estimate of drug-likeness (QED) is 0.822. The smallest absolute Gasteiger partial charge is 0.254 e. The first-order valence-electron chi connectivity index (χ1n) is 5.66. The molecule has 0 aliphatic heterocycles. The lowest BCUT2D eigenvalue weighted by atomic mass is 10.0. The Hall–Kier alpha value is -1.58. The highest BCUT2D eigenvalue weighted by atomic mass is 19.1. The van der Waals surface area contributed by atoms with Crippen LogP contribution in [0.3, 0.4) is 0 Å². The fourth-order valence-corrected chi connectivity index (χ4v) is 1.57. The number of benzene rings is 1. The Balaban J connectivity index is 2.96. The molecular weight excluding hydrogens is 219 g/mol. The first-order chi connectivity index (χ1) is 7.82. The van der Waals surface area contributed by atoms with Gasteiger partial charge in [-0.25, -0.2) is 4.39 Å². The first kappa shape index (κ1) is 13.5. The van der Waals surface area contributed by atoms with Crippen molar-refractivity contribution in [1.29, 1.82) is 0 Å². The molecule has 0 aromatic heterocycles. The molecule has 0 aliphatic rings. The largest absolute Gasteiger partial charge is 0.399 e. The van der Waals surface area contributed by atoms with E-state index in [4.69, 9.17) is 5.73 Å². The summed E-state index contributed by atoms with van der Waals surface area (Å²) in [6, 6.07) is 3.99.